The third-order valence-corrected chi connectivity index (χ3v) is 5.08. The Morgan fingerprint density at radius 3 is 3.00 bits per heavy atom. The molecule has 0 saturated carbocycles. The van der Waals surface area contributed by atoms with Gasteiger partial charge in [0, 0.05) is 11.0 Å². The molecule has 1 aromatic carbocycles. The van der Waals surface area contributed by atoms with Gasteiger partial charge in [-0.2, -0.15) is 4.98 Å². The molecule has 3 aromatic rings. The smallest absolute Gasteiger partial charge is 0.353 e. The van der Waals surface area contributed by atoms with E-state index in [0.717, 1.165) is 10.0 Å². The molecule has 0 aliphatic rings. The Labute approximate surface area is 162 Å². The molecule has 3 rings (SSSR count). The first-order chi connectivity index (χ1) is 12.8. The lowest BCUT2D eigenvalue weighted by Crippen LogP contribution is -2.13. The van der Waals surface area contributed by atoms with Crippen molar-refractivity contribution in [2.24, 2.45) is 0 Å². The maximum Gasteiger partial charge on any atom is 0.353 e. The van der Waals surface area contributed by atoms with E-state index in [1.807, 2.05) is 12.1 Å². The van der Waals surface area contributed by atoms with E-state index in [0.29, 0.717) is 5.65 Å². The minimum Gasteiger partial charge on any atom is -0.369 e. The van der Waals surface area contributed by atoms with Gasteiger partial charge in [0.1, 0.15) is 6.35 Å². The van der Waals surface area contributed by atoms with Crippen LogP contribution in [0.3, 0.4) is 0 Å². The van der Waals surface area contributed by atoms with Crippen LogP contribution in [0, 0.1) is 0 Å². The quantitative estimate of drug-likeness (QED) is 0.343. The van der Waals surface area contributed by atoms with Crippen molar-refractivity contribution in [1.82, 2.24) is 19.5 Å². The fraction of sp³-hybridized carbons (Fsp3) is 0.267. The van der Waals surface area contributed by atoms with Gasteiger partial charge in [-0.25, -0.2) is 4.98 Å². The molecule has 27 heavy (non-hydrogen) atoms. The molecule has 0 amide bonds. The third-order valence-electron chi connectivity index (χ3n) is 3.55. The Kier molecular flexibility index (Phi) is 6.08. The summed E-state index contributed by atoms with van der Waals surface area (Å²) in [6, 6.07) is 7.24. The lowest BCUT2D eigenvalue weighted by Gasteiger charge is -2.13. The number of fused-ring (bicyclic) bond motifs is 1. The number of ether oxygens (including phenoxy) is 1. The van der Waals surface area contributed by atoms with Gasteiger partial charge in [-0.15, -0.1) is 0 Å². The highest BCUT2D eigenvalue weighted by Crippen LogP contribution is 2.42. The molecule has 10 nitrogen and oxygen atoms in total. The van der Waals surface area contributed by atoms with Crippen LogP contribution in [-0.4, -0.2) is 37.4 Å². The number of benzene rings is 1. The second-order valence-electron chi connectivity index (χ2n) is 5.64. The number of nitrogens with zero attached hydrogens (tertiary/aromatic N) is 3. The predicted octanol–water partition coefficient (Wildman–Crippen LogP) is 1.84. The van der Waals surface area contributed by atoms with Gasteiger partial charge in [-0.1, -0.05) is 28.1 Å². The number of imidazole rings is 1. The standard InChI is InChI=1S/C15H17BrN5O5P/c16-11-3-1-2-10(6-11)7-26-27(23,24)9-25-5-4-21-8-18-12-13(21)19-15(17)20-14(12)22/h1-3,6,8H,4-5,7,9H2,(H,23,24)(H3,17,19,20,22). The lowest BCUT2D eigenvalue weighted by molar-refractivity contribution is 0.136. The summed E-state index contributed by atoms with van der Waals surface area (Å²) < 4.78 is 24.8. The number of rotatable bonds is 8. The number of hydrogen-bond acceptors (Lipinski definition) is 7. The van der Waals surface area contributed by atoms with Gasteiger partial charge in [-0.3, -0.25) is 14.3 Å². The van der Waals surface area contributed by atoms with Gasteiger partial charge in [0.05, 0.1) is 19.5 Å². The molecule has 0 spiro atoms. The summed E-state index contributed by atoms with van der Waals surface area (Å²) in [4.78, 5) is 31.9. The highest BCUT2D eigenvalue weighted by atomic mass is 79.9. The maximum atomic E-state index is 12.0. The van der Waals surface area contributed by atoms with E-state index < -0.39 is 19.5 Å². The Balaban J connectivity index is 1.51. The lowest BCUT2D eigenvalue weighted by atomic mass is 10.2. The first-order valence-corrected chi connectivity index (χ1v) is 10.4. The summed E-state index contributed by atoms with van der Waals surface area (Å²) in [6.45, 7) is 0.372. The Morgan fingerprint density at radius 1 is 1.41 bits per heavy atom. The summed E-state index contributed by atoms with van der Waals surface area (Å²) in [5, 5.41) is 0. The molecule has 2 heterocycles. The summed E-state index contributed by atoms with van der Waals surface area (Å²) in [7, 11) is -3.90. The summed E-state index contributed by atoms with van der Waals surface area (Å²) in [5.74, 6) is -0.0176. The highest BCUT2D eigenvalue weighted by Gasteiger charge is 2.20. The summed E-state index contributed by atoms with van der Waals surface area (Å²) >= 11 is 3.33. The minimum atomic E-state index is -3.90. The number of halogens is 1. The molecule has 0 aliphatic carbocycles. The predicted molar refractivity (Wildman–Crippen MR) is 102 cm³/mol. The fourth-order valence-electron chi connectivity index (χ4n) is 2.32. The number of H-pyrrole nitrogens is 1. The molecule has 2 aromatic heterocycles. The van der Waals surface area contributed by atoms with Crippen molar-refractivity contribution in [1.29, 1.82) is 0 Å². The Bertz CT molecular complexity index is 1050. The van der Waals surface area contributed by atoms with Crippen LogP contribution in [0.4, 0.5) is 5.95 Å². The van der Waals surface area contributed by atoms with Crippen LogP contribution in [0.25, 0.3) is 11.2 Å². The van der Waals surface area contributed by atoms with E-state index in [9.17, 15) is 14.3 Å². The van der Waals surface area contributed by atoms with Gasteiger partial charge < -0.3 is 24.5 Å². The number of nitrogen functional groups attached to an aromatic ring is 1. The minimum absolute atomic E-state index is 0.00525. The molecular weight excluding hydrogens is 441 g/mol. The largest absolute Gasteiger partial charge is 0.369 e. The third kappa shape index (κ3) is 5.24. The number of hydrogen-bond donors (Lipinski definition) is 3. The van der Waals surface area contributed by atoms with Crippen LogP contribution in [0.2, 0.25) is 0 Å². The number of nitrogens with two attached hydrogens (primary N) is 1. The van der Waals surface area contributed by atoms with Crippen LogP contribution >= 0.6 is 23.5 Å². The molecule has 1 atom stereocenters. The normalized spacial score (nSPS) is 13.7. The van der Waals surface area contributed by atoms with Gasteiger partial charge >= 0.3 is 7.60 Å². The van der Waals surface area contributed by atoms with Crippen LogP contribution in [-0.2, 0) is 27.0 Å². The zero-order valence-corrected chi connectivity index (χ0v) is 16.5. The van der Waals surface area contributed by atoms with Gasteiger partial charge in [0.15, 0.2) is 11.2 Å². The van der Waals surface area contributed by atoms with E-state index in [1.54, 1.807) is 16.7 Å². The second-order valence-corrected chi connectivity index (χ2v) is 8.35. The van der Waals surface area contributed by atoms with Crippen LogP contribution in [0.15, 0.2) is 39.9 Å². The van der Waals surface area contributed by atoms with Gasteiger partial charge in [0.25, 0.3) is 5.56 Å². The first-order valence-electron chi connectivity index (χ1n) is 7.83. The maximum absolute atomic E-state index is 12.0. The van der Waals surface area contributed by atoms with Crippen molar-refractivity contribution < 1.29 is 18.7 Å². The average Bonchev–Trinajstić information content (AvgIpc) is 3.00. The van der Waals surface area contributed by atoms with Crippen LogP contribution < -0.4 is 11.3 Å². The zero-order valence-electron chi connectivity index (χ0n) is 14.0. The van der Waals surface area contributed by atoms with E-state index >= 15 is 0 Å². The summed E-state index contributed by atoms with van der Waals surface area (Å²) in [5.41, 5.74) is 6.33. The van der Waals surface area contributed by atoms with Crippen molar-refractivity contribution >= 4 is 40.6 Å². The van der Waals surface area contributed by atoms with Crippen LogP contribution in [0.5, 0.6) is 0 Å². The monoisotopic (exact) mass is 457 g/mol. The van der Waals surface area contributed by atoms with E-state index in [2.05, 4.69) is 30.9 Å². The molecule has 1 unspecified atom stereocenters. The molecule has 144 valence electrons. The van der Waals surface area contributed by atoms with Gasteiger partial charge in [-0.05, 0) is 17.7 Å². The zero-order chi connectivity index (χ0) is 19.4. The number of nitrogens with one attached hydrogen (secondary N) is 1. The molecule has 12 heteroatoms. The second kappa shape index (κ2) is 8.32. The van der Waals surface area contributed by atoms with E-state index in [1.165, 1.54) is 6.33 Å². The van der Waals surface area contributed by atoms with Crippen molar-refractivity contribution in [2.75, 3.05) is 18.7 Å². The number of aromatic amines is 1. The molecule has 0 saturated heterocycles. The molecule has 0 radical (unpaired) electrons. The first kappa shape index (κ1) is 19.7. The fourth-order valence-corrected chi connectivity index (χ4v) is 3.55. The van der Waals surface area contributed by atoms with Crippen molar-refractivity contribution in [3.05, 3.63) is 51.0 Å². The topological polar surface area (TPSA) is 145 Å². The summed E-state index contributed by atoms with van der Waals surface area (Å²) in [6.07, 6.45) is 0.974. The molecule has 0 fully saturated rings. The van der Waals surface area contributed by atoms with Crippen LogP contribution in [0.1, 0.15) is 5.56 Å². The average molecular weight is 458 g/mol. The SMILES string of the molecule is Nc1nc2c(ncn2CCOCP(=O)(O)OCc2cccc(Br)c2)c(=O)[nH]1. The van der Waals surface area contributed by atoms with Gasteiger partial charge in [0.2, 0.25) is 5.95 Å². The van der Waals surface area contributed by atoms with E-state index in [-0.39, 0.29) is 31.2 Å². The van der Waals surface area contributed by atoms with Crippen molar-refractivity contribution in [2.45, 2.75) is 13.2 Å². The highest BCUT2D eigenvalue weighted by molar-refractivity contribution is 9.10. The van der Waals surface area contributed by atoms with Crippen molar-refractivity contribution in [3.63, 3.8) is 0 Å². The van der Waals surface area contributed by atoms with Crippen molar-refractivity contribution in [3.8, 4) is 0 Å². The number of aromatic nitrogens is 4. The van der Waals surface area contributed by atoms with E-state index in [4.69, 9.17) is 15.0 Å². The molecular formula is C15H17BrN5O5P. The molecule has 4 N–H and O–H groups in total. The molecule has 0 bridgehead atoms. The molecule has 0 aliphatic heterocycles. The Morgan fingerprint density at radius 2 is 2.22 bits per heavy atom. The number of anilines is 1. The Hall–Kier alpha value is -2.04.